The Kier molecular flexibility index (Phi) is 24.5. The number of nitrogens with two attached hydrogens (primary N) is 3. The van der Waals surface area contributed by atoms with Crippen LogP contribution in [0.15, 0.2) is 76.3 Å². The fourth-order valence-electron chi connectivity index (χ4n) is 13.3. The van der Waals surface area contributed by atoms with E-state index in [4.69, 9.17) is 17.2 Å². The van der Waals surface area contributed by atoms with E-state index in [1.165, 1.54) is 139 Å². The quantitative estimate of drug-likeness (QED) is 0.0419. The van der Waals surface area contributed by atoms with Gasteiger partial charge in [-0.05, 0) is 150 Å². The van der Waals surface area contributed by atoms with Crippen LogP contribution in [0.2, 0.25) is 0 Å². The molecule has 7 rings (SSSR count). The van der Waals surface area contributed by atoms with Gasteiger partial charge in [-0.2, -0.15) is 0 Å². The Hall–Kier alpha value is -0.170. The third-order valence-corrected chi connectivity index (χ3v) is 25.8. The molecular weight excluding hydrogens is 1120 g/mol. The van der Waals surface area contributed by atoms with Gasteiger partial charge in [0.05, 0.1) is 10.9 Å². The van der Waals surface area contributed by atoms with E-state index in [2.05, 4.69) is 147 Å². The summed E-state index contributed by atoms with van der Waals surface area (Å²) < 4.78 is 17.4. The molecule has 0 saturated heterocycles. The third kappa shape index (κ3) is 14.3. The Labute approximate surface area is 485 Å². The Bertz CT molecular complexity index is 2150. The van der Waals surface area contributed by atoms with Crippen molar-refractivity contribution in [2.75, 3.05) is 0 Å². The van der Waals surface area contributed by atoms with Crippen LogP contribution in [-0.2, 0) is 12.8 Å². The number of hydrogen-bond donors (Lipinski definition) is 3. The molecular formula is C64H98Br2FN3S4. The molecule has 0 amide bonds. The molecule has 1 aromatic rings. The molecule has 10 heteroatoms. The van der Waals surface area contributed by atoms with Crippen LogP contribution < -0.4 is 17.2 Å². The maximum absolute atomic E-state index is 16.4. The number of fused-ring (bicyclic) bond motifs is 2. The van der Waals surface area contributed by atoms with Crippen molar-refractivity contribution in [1.82, 2.24) is 0 Å². The molecule has 0 spiro atoms. The minimum atomic E-state index is -1.04. The molecule has 12 atom stereocenters. The van der Waals surface area contributed by atoms with Gasteiger partial charge in [0.2, 0.25) is 0 Å². The second-order valence-electron chi connectivity index (χ2n) is 23.4. The van der Waals surface area contributed by atoms with Gasteiger partial charge in [0.25, 0.3) is 0 Å². The first-order chi connectivity index (χ1) is 35.7. The minimum absolute atomic E-state index is 0.0790. The Morgan fingerprint density at radius 2 is 1.11 bits per heavy atom. The lowest BCUT2D eigenvalue weighted by Crippen LogP contribution is -2.47. The Morgan fingerprint density at radius 1 is 0.622 bits per heavy atom. The molecule has 6 N–H and O–H groups in total. The number of unbranched alkanes of at least 4 members (excludes halogenated alkanes) is 8. The highest BCUT2D eigenvalue weighted by Gasteiger charge is 2.48. The van der Waals surface area contributed by atoms with Crippen LogP contribution in [0, 0.1) is 17.8 Å². The summed E-state index contributed by atoms with van der Waals surface area (Å²) in [5, 5.41) is 1.03. The molecule has 74 heavy (non-hydrogen) atoms. The van der Waals surface area contributed by atoms with E-state index in [1.807, 2.05) is 6.08 Å². The van der Waals surface area contributed by atoms with Crippen LogP contribution in [-0.4, -0.2) is 39.6 Å². The normalized spacial score (nSPS) is 28.8. The monoisotopic (exact) mass is 1210 g/mol. The predicted molar refractivity (Wildman–Crippen MR) is 337 cm³/mol. The second kappa shape index (κ2) is 29.5. The maximum Gasteiger partial charge on any atom is 0.131 e. The SMILES string of the molecule is C=C(C)C1=C(Br)C(N)C(N)C(C2Cc3c(c(C4CC(CCCCCC)=C(CC(CC)CCCC)S4)c4c(c3C3CC(CCCCCC)=C(CC(CC)CCCC)S3)SC(C3=CC(F)C(Br)C(CCC)C3N)C4)S2)=C1. The van der Waals surface area contributed by atoms with E-state index in [-0.39, 0.29) is 39.4 Å². The van der Waals surface area contributed by atoms with Gasteiger partial charge in [0.15, 0.2) is 0 Å². The number of thioether (sulfide) groups is 4. The lowest BCUT2D eigenvalue weighted by atomic mass is 9.78. The van der Waals surface area contributed by atoms with Crippen LogP contribution in [0.1, 0.15) is 242 Å². The summed E-state index contributed by atoms with van der Waals surface area (Å²) in [5.74, 6) is 1.54. The van der Waals surface area contributed by atoms with Crippen molar-refractivity contribution < 1.29 is 4.39 Å². The van der Waals surface area contributed by atoms with Crippen LogP contribution in [0.5, 0.6) is 0 Å². The summed E-state index contributed by atoms with van der Waals surface area (Å²) in [6.07, 6.45) is 34.9. The summed E-state index contributed by atoms with van der Waals surface area (Å²) in [6, 6.07) is -0.756. The molecule has 0 bridgehead atoms. The fourth-order valence-corrected chi connectivity index (χ4v) is 21.6. The van der Waals surface area contributed by atoms with Gasteiger partial charge in [-0.15, -0.1) is 47.0 Å². The number of rotatable bonds is 29. The zero-order chi connectivity index (χ0) is 53.2. The molecule has 2 aliphatic carbocycles. The van der Waals surface area contributed by atoms with Crippen molar-refractivity contribution in [2.45, 2.75) is 282 Å². The first-order valence-corrected chi connectivity index (χ1v) is 35.3. The fraction of sp³-hybridized carbons (Fsp3) is 0.719. The van der Waals surface area contributed by atoms with Crippen molar-refractivity contribution in [3.63, 3.8) is 0 Å². The standard InChI is InChI=1S/C64H98Br2FN3S4/c1-10-17-21-23-28-41-32-54(71-50(41)30-39(15-6)26-19-12-3)56-47-36-52(45-34-44(38(8)9)59(66)62(70)61(45)69)73-63(47)57(48-37-53(74-64(48)56)46-35-49(67)58(65)43(25-14-5)60(46)68)55-33-42(29-24-22-18-11-2)51(72-55)31-40(16-7)27-20-13-4/h34-35,39-40,43,49,52-55,58,60-62H,8,10-33,36-37,68-70H2,1-7,9H3. The first kappa shape index (κ1) is 61.4. The van der Waals surface area contributed by atoms with Crippen molar-refractivity contribution in [3.05, 3.63) is 88.7 Å². The third-order valence-electron chi connectivity index (χ3n) is 17.9. The highest BCUT2D eigenvalue weighted by molar-refractivity contribution is 9.11. The Morgan fingerprint density at radius 3 is 1.55 bits per heavy atom. The zero-order valence-corrected chi connectivity index (χ0v) is 53.6. The summed E-state index contributed by atoms with van der Waals surface area (Å²) in [6.45, 7) is 23.0. The first-order valence-electron chi connectivity index (χ1n) is 30.1. The summed E-state index contributed by atoms with van der Waals surface area (Å²) >= 11 is 16.4. The van der Waals surface area contributed by atoms with Crippen molar-refractivity contribution in [2.24, 2.45) is 35.0 Å². The summed E-state index contributed by atoms with van der Waals surface area (Å²) in [7, 11) is 0. The lowest BCUT2D eigenvalue weighted by Gasteiger charge is -2.37. The van der Waals surface area contributed by atoms with Gasteiger partial charge < -0.3 is 17.2 Å². The van der Waals surface area contributed by atoms with E-state index in [0.717, 1.165) is 71.6 Å². The largest absolute Gasteiger partial charge is 0.324 e. The van der Waals surface area contributed by atoms with Crippen LogP contribution >= 0.6 is 78.9 Å². The molecule has 0 aromatic heterocycles. The van der Waals surface area contributed by atoms with Gasteiger partial charge in [0.1, 0.15) is 6.17 Å². The maximum atomic E-state index is 16.4. The van der Waals surface area contributed by atoms with E-state index < -0.39 is 6.17 Å². The topological polar surface area (TPSA) is 78.1 Å². The molecule has 3 nitrogen and oxygen atoms in total. The van der Waals surface area contributed by atoms with Gasteiger partial charge in [-0.3, -0.25) is 0 Å². The zero-order valence-electron chi connectivity index (χ0n) is 47.2. The summed E-state index contributed by atoms with van der Waals surface area (Å²) in [4.78, 5) is 6.24. The molecule has 1 aromatic carbocycles. The molecule has 4 aliphatic heterocycles. The number of hydrogen-bond acceptors (Lipinski definition) is 7. The highest BCUT2D eigenvalue weighted by atomic mass is 79.9. The van der Waals surface area contributed by atoms with Gasteiger partial charge in [-0.25, -0.2) is 4.39 Å². The molecule has 414 valence electrons. The highest BCUT2D eigenvalue weighted by Crippen LogP contribution is 2.65. The van der Waals surface area contributed by atoms with E-state index in [9.17, 15) is 0 Å². The lowest BCUT2D eigenvalue weighted by molar-refractivity contribution is 0.279. The second-order valence-corrected chi connectivity index (χ2v) is 30.3. The molecule has 6 aliphatic rings. The van der Waals surface area contributed by atoms with Crippen molar-refractivity contribution >= 4 is 78.9 Å². The smallest absolute Gasteiger partial charge is 0.131 e. The number of allylic oxidation sites excluding steroid dienone is 8. The molecule has 0 fully saturated rings. The average Bonchev–Trinajstić information content (AvgIpc) is 4.21. The van der Waals surface area contributed by atoms with Gasteiger partial charge >= 0.3 is 0 Å². The van der Waals surface area contributed by atoms with E-state index in [0.29, 0.717) is 10.5 Å². The van der Waals surface area contributed by atoms with Crippen LogP contribution in [0.4, 0.5) is 4.39 Å². The number of benzene rings is 1. The molecule has 4 heterocycles. The molecule has 0 radical (unpaired) electrons. The number of alkyl halides is 2. The summed E-state index contributed by atoms with van der Waals surface area (Å²) in [5.41, 5.74) is 36.1. The van der Waals surface area contributed by atoms with Crippen LogP contribution in [0.3, 0.4) is 0 Å². The van der Waals surface area contributed by atoms with Crippen LogP contribution in [0.25, 0.3) is 0 Å². The minimum Gasteiger partial charge on any atom is -0.324 e. The predicted octanol–water partition coefficient (Wildman–Crippen LogP) is 20.3. The number of halogens is 3. The van der Waals surface area contributed by atoms with Crippen molar-refractivity contribution in [1.29, 1.82) is 0 Å². The van der Waals surface area contributed by atoms with Gasteiger partial charge in [0, 0.05) is 47.4 Å². The molecule has 0 saturated carbocycles. The molecule has 12 unspecified atom stereocenters. The van der Waals surface area contributed by atoms with Crippen molar-refractivity contribution in [3.8, 4) is 0 Å². The Balaban J connectivity index is 1.40. The average molecular weight is 1220 g/mol. The van der Waals surface area contributed by atoms with Gasteiger partial charge in [-0.1, -0.05) is 206 Å². The van der Waals surface area contributed by atoms with E-state index in [1.54, 1.807) is 48.1 Å². The van der Waals surface area contributed by atoms with E-state index >= 15 is 4.39 Å².